The predicted octanol–water partition coefficient (Wildman–Crippen LogP) is 2.22. The molecule has 0 aliphatic rings. The number of methoxy groups -OCH3 is 1. The third kappa shape index (κ3) is 2.83. The molecule has 16 heavy (non-hydrogen) atoms. The summed E-state index contributed by atoms with van der Waals surface area (Å²) in [5, 5.41) is 0.513. The first-order chi connectivity index (χ1) is 7.47. The first-order valence-corrected chi connectivity index (χ1v) is 5.57. The number of halogens is 1. The molecule has 0 amide bonds. The number of anilines is 1. The van der Waals surface area contributed by atoms with Gasteiger partial charge in [-0.25, -0.2) is 9.97 Å². The zero-order valence-electron chi connectivity index (χ0n) is 10.4. The molecule has 90 valence electrons. The maximum atomic E-state index is 6.04. The van der Waals surface area contributed by atoms with Crippen molar-refractivity contribution in [3.63, 3.8) is 0 Å². The molecule has 1 rings (SSSR count). The molecular weight excluding hydrogens is 226 g/mol. The second-order valence-corrected chi connectivity index (χ2v) is 4.28. The Morgan fingerprint density at radius 1 is 1.38 bits per heavy atom. The Hall–Kier alpha value is -0.870. The molecule has 0 aliphatic heterocycles. The van der Waals surface area contributed by atoms with E-state index in [9.17, 15) is 0 Å². The number of nitrogens with zero attached hydrogens (tertiary/aromatic N) is 3. The lowest BCUT2D eigenvalue weighted by Gasteiger charge is -2.27. The first-order valence-electron chi connectivity index (χ1n) is 5.19. The van der Waals surface area contributed by atoms with Crippen molar-refractivity contribution < 1.29 is 4.74 Å². The standard InChI is InChI=1S/C11H18ClN3O/c1-7(6-16-5)15(4)11-8(2)10(12)13-9(3)14-11/h7H,6H2,1-5H3. The second-order valence-electron chi connectivity index (χ2n) is 3.93. The molecular formula is C11H18ClN3O. The molecule has 0 radical (unpaired) electrons. The van der Waals surface area contributed by atoms with E-state index < -0.39 is 0 Å². The zero-order chi connectivity index (χ0) is 12.3. The van der Waals surface area contributed by atoms with Gasteiger partial charge in [-0.3, -0.25) is 0 Å². The van der Waals surface area contributed by atoms with Gasteiger partial charge in [-0.2, -0.15) is 0 Å². The molecule has 1 aromatic heterocycles. The number of hydrogen-bond donors (Lipinski definition) is 0. The average molecular weight is 244 g/mol. The minimum atomic E-state index is 0.245. The number of rotatable bonds is 4. The lowest BCUT2D eigenvalue weighted by atomic mass is 10.2. The van der Waals surface area contributed by atoms with Gasteiger partial charge in [-0.15, -0.1) is 0 Å². The van der Waals surface area contributed by atoms with Crippen LogP contribution in [0.1, 0.15) is 18.3 Å². The Labute approximate surface area is 102 Å². The van der Waals surface area contributed by atoms with Gasteiger partial charge in [0.05, 0.1) is 12.6 Å². The Bertz CT molecular complexity index is 370. The molecule has 0 saturated carbocycles. The largest absolute Gasteiger partial charge is 0.383 e. The third-order valence-corrected chi connectivity index (χ3v) is 2.94. The number of likely N-dealkylation sites (N-methyl/N-ethyl adjacent to an activating group) is 1. The molecule has 1 aromatic rings. The maximum absolute atomic E-state index is 6.04. The van der Waals surface area contributed by atoms with Crippen molar-refractivity contribution in [3.8, 4) is 0 Å². The van der Waals surface area contributed by atoms with Gasteiger partial charge in [0.2, 0.25) is 0 Å². The number of aromatic nitrogens is 2. The van der Waals surface area contributed by atoms with Crippen molar-refractivity contribution in [1.82, 2.24) is 9.97 Å². The first kappa shape index (κ1) is 13.2. The second kappa shape index (κ2) is 5.46. The Morgan fingerprint density at radius 3 is 2.56 bits per heavy atom. The lowest BCUT2D eigenvalue weighted by Crippen LogP contribution is -2.34. The lowest BCUT2D eigenvalue weighted by molar-refractivity contribution is 0.183. The SMILES string of the molecule is COCC(C)N(C)c1nc(C)nc(Cl)c1C. The van der Waals surface area contributed by atoms with Crippen LogP contribution in [0.2, 0.25) is 5.15 Å². The van der Waals surface area contributed by atoms with Gasteiger partial charge in [-0.05, 0) is 20.8 Å². The molecule has 5 heteroatoms. The molecule has 0 fully saturated rings. The van der Waals surface area contributed by atoms with Gasteiger partial charge >= 0.3 is 0 Å². The van der Waals surface area contributed by atoms with Gasteiger partial charge in [0.15, 0.2) is 0 Å². The van der Waals surface area contributed by atoms with Crippen molar-refractivity contribution >= 4 is 17.4 Å². The fraction of sp³-hybridized carbons (Fsp3) is 0.636. The van der Waals surface area contributed by atoms with E-state index in [4.69, 9.17) is 16.3 Å². The quantitative estimate of drug-likeness (QED) is 0.760. The summed E-state index contributed by atoms with van der Waals surface area (Å²) < 4.78 is 5.13. The average Bonchev–Trinajstić information content (AvgIpc) is 2.22. The van der Waals surface area contributed by atoms with Crippen molar-refractivity contribution in [2.24, 2.45) is 0 Å². The zero-order valence-corrected chi connectivity index (χ0v) is 11.2. The van der Waals surface area contributed by atoms with Crippen LogP contribution >= 0.6 is 11.6 Å². The van der Waals surface area contributed by atoms with E-state index in [1.54, 1.807) is 7.11 Å². The molecule has 0 aromatic carbocycles. The molecule has 0 spiro atoms. The summed E-state index contributed by atoms with van der Waals surface area (Å²) in [5.41, 5.74) is 0.901. The summed E-state index contributed by atoms with van der Waals surface area (Å²) >= 11 is 6.04. The van der Waals surface area contributed by atoms with E-state index in [2.05, 4.69) is 21.8 Å². The molecule has 0 aliphatic carbocycles. The summed E-state index contributed by atoms with van der Waals surface area (Å²) in [4.78, 5) is 10.6. The van der Waals surface area contributed by atoms with Crippen molar-refractivity contribution in [2.75, 3.05) is 25.7 Å². The molecule has 1 atom stereocenters. The third-order valence-electron chi connectivity index (χ3n) is 2.58. The van der Waals surface area contributed by atoms with Gasteiger partial charge < -0.3 is 9.64 Å². The summed E-state index contributed by atoms with van der Waals surface area (Å²) in [5.74, 6) is 1.55. The van der Waals surface area contributed by atoms with Crippen LogP contribution in [-0.2, 0) is 4.74 Å². The highest BCUT2D eigenvalue weighted by molar-refractivity contribution is 6.30. The normalized spacial score (nSPS) is 12.6. The monoisotopic (exact) mass is 243 g/mol. The minimum absolute atomic E-state index is 0.245. The smallest absolute Gasteiger partial charge is 0.137 e. The van der Waals surface area contributed by atoms with Crippen molar-refractivity contribution in [3.05, 3.63) is 16.5 Å². The van der Waals surface area contributed by atoms with Gasteiger partial charge in [0.25, 0.3) is 0 Å². The highest BCUT2D eigenvalue weighted by atomic mass is 35.5. The van der Waals surface area contributed by atoms with E-state index in [-0.39, 0.29) is 6.04 Å². The van der Waals surface area contributed by atoms with E-state index in [1.807, 2.05) is 20.9 Å². The highest BCUT2D eigenvalue weighted by Crippen LogP contribution is 2.23. The highest BCUT2D eigenvalue weighted by Gasteiger charge is 2.16. The molecule has 4 nitrogen and oxygen atoms in total. The van der Waals surface area contributed by atoms with Crippen LogP contribution in [0, 0.1) is 13.8 Å². The maximum Gasteiger partial charge on any atom is 0.137 e. The number of hydrogen-bond acceptors (Lipinski definition) is 4. The number of aryl methyl sites for hydroxylation is 1. The van der Waals surface area contributed by atoms with Crippen LogP contribution in [0.15, 0.2) is 0 Å². The van der Waals surface area contributed by atoms with Crippen LogP contribution in [0.3, 0.4) is 0 Å². The van der Waals surface area contributed by atoms with E-state index in [1.165, 1.54) is 0 Å². The Morgan fingerprint density at radius 2 is 2.00 bits per heavy atom. The molecule has 0 saturated heterocycles. The van der Waals surface area contributed by atoms with E-state index in [0.717, 1.165) is 11.4 Å². The summed E-state index contributed by atoms with van der Waals surface area (Å²) in [6, 6.07) is 0.245. The van der Waals surface area contributed by atoms with Crippen molar-refractivity contribution in [1.29, 1.82) is 0 Å². The fourth-order valence-corrected chi connectivity index (χ4v) is 1.69. The topological polar surface area (TPSA) is 38.2 Å². The van der Waals surface area contributed by atoms with Crippen LogP contribution in [0.4, 0.5) is 5.82 Å². The van der Waals surface area contributed by atoms with Crippen LogP contribution in [0.25, 0.3) is 0 Å². The van der Waals surface area contributed by atoms with Gasteiger partial charge in [0.1, 0.15) is 16.8 Å². The molecule has 0 N–H and O–H groups in total. The molecule has 1 unspecified atom stereocenters. The van der Waals surface area contributed by atoms with E-state index in [0.29, 0.717) is 17.6 Å². The summed E-state index contributed by atoms with van der Waals surface area (Å²) in [6.07, 6.45) is 0. The molecule has 0 bridgehead atoms. The number of ether oxygens (including phenoxy) is 1. The minimum Gasteiger partial charge on any atom is -0.383 e. The van der Waals surface area contributed by atoms with Crippen molar-refractivity contribution in [2.45, 2.75) is 26.8 Å². The van der Waals surface area contributed by atoms with Crippen LogP contribution in [0.5, 0.6) is 0 Å². The summed E-state index contributed by atoms with van der Waals surface area (Å²) in [7, 11) is 3.67. The Balaban J connectivity index is 3.03. The van der Waals surface area contributed by atoms with Gasteiger partial charge in [0, 0.05) is 19.7 Å². The summed E-state index contributed by atoms with van der Waals surface area (Å²) in [6.45, 7) is 6.49. The van der Waals surface area contributed by atoms with Crippen LogP contribution in [-0.4, -0.2) is 36.8 Å². The Kier molecular flexibility index (Phi) is 4.50. The van der Waals surface area contributed by atoms with E-state index >= 15 is 0 Å². The molecule has 1 heterocycles. The van der Waals surface area contributed by atoms with Gasteiger partial charge in [-0.1, -0.05) is 11.6 Å². The predicted molar refractivity (Wildman–Crippen MR) is 66.3 cm³/mol. The fourth-order valence-electron chi connectivity index (χ4n) is 1.49. The van der Waals surface area contributed by atoms with Crippen LogP contribution < -0.4 is 4.90 Å².